The van der Waals surface area contributed by atoms with E-state index in [0.717, 1.165) is 12.8 Å². The summed E-state index contributed by atoms with van der Waals surface area (Å²) in [7, 11) is 3.37. The van der Waals surface area contributed by atoms with Gasteiger partial charge in [0.05, 0.1) is 17.2 Å². The molecule has 0 N–H and O–H groups in total. The highest BCUT2D eigenvalue weighted by molar-refractivity contribution is 6.37. The number of amides is 1. The summed E-state index contributed by atoms with van der Waals surface area (Å²) in [6.07, 6.45) is 7.04. The van der Waals surface area contributed by atoms with Crippen molar-refractivity contribution in [1.29, 1.82) is 0 Å². The van der Waals surface area contributed by atoms with E-state index in [2.05, 4.69) is 0 Å². The van der Waals surface area contributed by atoms with Gasteiger partial charge in [0.2, 0.25) is 0 Å². The Balaban J connectivity index is 2.18. The Bertz CT molecular complexity index is 488. The predicted octanol–water partition coefficient (Wildman–Crippen LogP) is 4.80. The lowest BCUT2D eigenvalue weighted by Crippen LogP contribution is -2.36. The molecule has 2 rings (SSSR count). The third kappa shape index (κ3) is 3.83. The zero-order chi connectivity index (χ0) is 15.4. The molecule has 1 amide bonds. The highest BCUT2D eigenvalue weighted by atomic mass is 35.5. The summed E-state index contributed by atoms with van der Waals surface area (Å²) in [5.41, 5.74) is 0.512. The van der Waals surface area contributed by atoms with Crippen LogP contribution in [0.5, 0.6) is 5.75 Å². The summed E-state index contributed by atoms with van der Waals surface area (Å²) < 4.78 is 5.12. The Hall–Kier alpha value is -0.930. The number of rotatable bonds is 3. The van der Waals surface area contributed by atoms with Crippen molar-refractivity contribution in [1.82, 2.24) is 4.90 Å². The predicted molar refractivity (Wildman–Crippen MR) is 86.6 cm³/mol. The van der Waals surface area contributed by atoms with E-state index < -0.39 is 0 Å². The molecule has 0 saturated heterocycles. The van der Waals surface area contributed by atoms with Gasteiger partial charge < -0.3 is 9.64 Å². The third-order valence-corrected chi connectivity index (χ3v) is 4.70. The number of hydrogen-bond acceptors (Lipinski definition) is 2. The molecule has 21 heavy (non-hydrogen) atoms. The zero-order valence-electron chi connectivity index (χ0n) is 12.5. The Kier molecular flexibility index (Phi) is 5.77. The van der Waals surface area contributed by atoms with Gasteiger partial charge in [0.15, 0.2) is 5.75 Å². The lowest BCUT2D eigenvalue weighted by atomic mass is 10.1. The molecule has 1 aliphatic carbocycles. The van der Waals surface area contributed by atoms with Gasteiger partial charge >= 0.3 is 0 Å². The summed E-state index contributed by atoms with van der Waals surface area (Å²) in [5.74, 6) is 0.375. The first-order valence-electron chi connectivity index (χ1n) is 7.34. The van der Waals surface area contributed by atoms with Crippen LogP contribution in [0.3, 0.4) is 0 Å². The molecule has 0 spiro atoms. The number of carbonyl (C=O) groups is 1. The zero-order valence-corrected chi connectivity index (χ0v) is 14.0. The normalized spacial score (nSPS) is 16.4. The van der Waals surface area contributed by atoms with Crippen LogP contribution >= 0.6 is 23.2 Å². The second-order valence-electron chi connectivity index (χ2n) is 5.53. The van der Waals surface area contributed by atoms with E-state index in [1.807, 2.05) is 11.9 Å². The van der Waals surface area contributed by atoms with E-state index in [1.54, 1.807) is 12.1 Å². The lowest BCUT2D eigenvalue weighted by molar-refractivity contribution is 0.0717. The molecule has 5 heteroatoms. The van der Waals surface area contributed by atoms with Crippen molar-refractivity contribution < 1.29 is 9.53 Å². The second-order valence-corrected chi connectivity index (χ2v) is 6.35. The standard InChI is InChI=1S/C16H21Cl2NO2/c1-19(12-7-5-3-4-6-8-12)16(20)11-9-13(17)15(21-2)14(18)10-11/h9-10,12H,3-8H2,1-2H3. The van der Waals surface area contributed by atoms with Crippen LogP contribution in [0.25, 0.3) is 0 Å². The summed E-state index contributed by atoms with van der Waals surface area (Å²) in [6, 6.07) is 3.56. The number of nitrogens with zero attached hydrogens (tertiary/aromatic N) is 1. The largest absolute Gasteiger partial charge is 0.494 e. The summed E-state index contributed by atoms with van der Waals surface area (Å²) >= 11 is 12.2. The molecule has 0 bridgehead atoms. The molecule has 1 aliphatic rings. The van der Waals surface area contributed by atoms with Crippen LogP contribution < -0.4 is 4.74 Å². The Morgan fingerprint density at radius 3 is 2.14 bits per heavy atom. The number of hydrogen-bond donors (Lipinski definition) is 0. The van der Waals surface area contributed by atoms with Crippen molar-refractivity contribution in [2.24, 2.45) is 0 Å². The van der Waals surface area contributed by atoms with E-state index in [-0.39, 0.29) is 5.91 Å². The highest BCUT2D eigenvalue weighted by Gasteiger charge is 2.23. The molecule has 0 atom stereocenters. The van der Waals surface area contributed by atoms with Crippen molar-refractivity contribution in [2.75, 3.05) is 14.2 Å². The quantitative estimate of drug-likeness (QED) is 0.745. The number of halogens is 2. The van der Waals surface area contributed by atoms with Gasteiger partial charge in [0.25, 0.3) is 5.91 Å². The van der Waals surface area contributed by atoms with Crippen LogP contribution in [0.4, 0.5) is 0 Å². The highest BCUT2D eigenvalue weighted by Crippen LogP contribution is 2.34. The third-order valence-electron chi connectivity index (χ3n) is 4.14. The molecule has 0 radical (unpaired) electrons. The fraction of sp³-hybridized carbons (Fsp3) is 0.562. The monoisotopic (exact) mass is 329 g/mol. The van der Waals surface area contributed by atoms with E-state index in [9.17, 15) is 4.79 Å². The van der Waals surface area contributed by atoms with Gasteiger partial charge in [-0.15, -0.1) is 0 Å². The maximum atomic E-state index is 12.6. The van der Waals surface area contributed by atoms with Crippen LogP contribution in [0.2, 0.25) is 10.0 Å². The molecule has 0 aromatic heterocycles. The summed E-state index contributed by atoms with van der Waals surface area (Å²) in [4.78, 5) is 14.5. The fourth-order valence-electron chi connectivity index (χ4n) is 2.89. The molecule has 3 nitrogen and oxygen atoms in total. The maximum Gasteiger partial charge on any atom is 0.253 e. The Morgan fingerprint density at radius 1 is 1.14 bits per heavy atom. The van der Waals surface area contributed by atoms with E-state index in [4.69, 9.17) is 27.9 Å². The molecule has 1 aromatic carbocycles. The van der Waals surface area contributed by atoms with Crippen molar-refractivity contribution in [2.45, 2.75) is 44.6 Å². The average Bonchev–Trinajstić information content (AvgIpc) is 2.74. The molecule has 0 aliphatic heterocycles. The van der Waals surface area contributed by atoms with Crippen molar-refractivity contribution in [3.63, 3.8) is 0 Å². The van der Waals surface area contributed by atoms with Crippen LogP contribution in [0.1, 0.15) is 48.9 Å². The lowest BCUT2D eigenvalue weighted by Gasteiger charge is -2.27. The first-order valence-corrected chi connectivity index (χ1v) is 8.10. The minimum atomic E-state index is -0.0339. The van der Waals surface area contributed by atoms with Gasteiger partial charge in [0, 0.05) is 18.7 Å². The minimum absolute atomic E-state index is 0.0339. The number of methoxy groups -OCH3 is 1. The van der Waals surface area contributed by atoms with Gasteiger partial charge in [-0.05, 0) is 25.0 Å². The van der Waals surface area contributed by atoms with Gasteiger partial charge in [-0.3, -0.25) is 4.79 Å². The molecule has 0 heterocycles. The topological polar surface area (TPSA) is 29.5 Å². The van der Waals surface area contributed by atoms with Crippen molar-refractivity contribution in [3.05, 3.63) is 27.7 Å². The number of carbonyl (C=O) groups excluding carboxylic acids is 1. The van der Waals surface area contributed by atoms with Crippen molar-refractivity contribution >= 4 is 29.1 Å². The van der Waals surface area contributed by atoms with Crippen molar-refractivity contribution in [3.8, 4) is 5.75 Å². The fourth-order valence-corrected chi connectivity index (χ4v) is 3.53. The first-order chi connectivity index (χ1) is 10.0. The molecule has 1 fully saturated rings. The van der Waals surface area contributed by atoms with Gasteiger partial charge in [-0.2, -0.15) is 0 Å². The minimum Gasteiger partial charge on any atom is -0.494 e. The van der Waals surface area contributed by atoms with Crippen LogP contribution in [0.15, 0.2) is 12.1 Å². The molecule has 116 valence electrons. The van der Waals surface area contributed by atoms with Gasteiger partial charge in [-0.1, -0.05) is 48.9 Å². The summed E-state index contributed by atoms with van der Waals surface area (Å²) in [6.45, 7) is 0. The summed E-state index contributed by atoms with van der Waals surface area (Å²) in [5, 5.41) is 0.727. The molecule has 0 unspecified atom stereocenters. The van der Waals surface area contributed by atoms with Crippen LogP contribution in [-0.4, -0.2) is 31.0 Å². The van der Waals surface area contributed by atoms with E-state index in [0.29, 0.717) is 27.4 Å². The Labute approximate surface area is 136 Å². The Morgan fingerprint density at radius 2 is 1.67 bits per heavy atom. The van der Waals surface area contributed by atoms with E-state index in [1.165, 1.54) is 32.8 Å². The molecule has 1 saturated carbocycles. The number of ether oxygens (including phenoxy) is 1. The second kappa shape index (κ2) is 7.37. The van der Waals surface area contributed by atoms with E-state index >= 15 is 0 Å². The van der Waals surface area contributed by atoms with Crippen LogP contribution in [0, 0.1) is 0 Å². The van der Waals surface area contributed by atoms with Crippen LogP contribution in [-0.2, 0) is 0 Å². The first kappa shape index (κ1) is 16.4. The SMILES string of the molecule is COc1c(Cl)cc(C(=O)N(C)C2CCCCCC2)cc1Cl. The van der Waals surface area contributed by atoms with Gasteiger partial charge in [0.1, 0.15) is 0 Å². The average molecular weight is 330 g/mol. The smallest absolute Gasteiger partial charge is 0.253 e. The molecular weight excluding hydrogens is 309 g/mol. The number of benzene rings is 1. The van der Waals surface area contributed by atoms with Gasteiger partial charge in [-0.25, -0.2) is 0 Å². The maximum absolute atomic E-state index is 12.6. The molecular formula is C16H21Cl2NO2. The molecule has 1 aromatic rings.